The summed E-state index contributed by atoms with van der Waals surface area (Å²) in [5, 5.41) is 0. The smallest absolute Gasteiger partial charge is 0.268 e. The lowest BCUT2D eigenvalue weighted by molar-refractivity contribution is -0.134. The third-order valence-corrected chi connectivity index (χ3v) is 4.08. The first kappa shape index (κ1) is 14.5. The van der Waals surface area contributed by atoms with E-state index in [1.807, 2.05) is 0 Å². The largest absolute Gasteiger partial charge is 0.274 e. The maximum atomic E-state index is 11.9. The lowest BCUT2D eigenvalue weighted by Crippen LogP contribution is -2.34. The van der Waals surface area contributed by atoms with Crippen LogP contribution in [-0.4, -0.2) is 32.8 Å². The third kappa shape index (κ3) is 2.81. The molecular formula is C12H15N3O4S. The number of hydrogen-bond acceptors (Lipinski definition) is 5. The van der Waals surface area contributed by atoms with E-state index in [9.17, 15) is 13.2 Å². The van der Waals surface area contributed by atoms with Crippen LogP contribution < -0.4 is 10.2 Å². The predicted molar refractivity (Wildman–Crippen MR) is 72.5 cm³/mol. The molecule has 0 saturated carbocycles. The van der Waals surface area contributed by atoms with Gasteiger partial charge in [0, 0.05) is 5.56 Å². The van der Waals surface area contributed by atoms with Crippen molar-refractivity contribution >= 4 is 21.8 Å². The number of hydroxylamine groups is 1. The van der Waals surface area contributed by atoms with Crippen molar-refractivity contribution < 1.29 is 18.0 Å². The molecule has 0 saturated heterocycles. The Balaban J connectivity index is 2.27. The number of aliphatic imine (C=N–C) groups is 1. The van der Waals surface area contributed by atoms with Crippen LogP contribution >= 0.6 is 0 Å². The summed E-state index contributed by atoms with van der Waals surface area (Å²) in [5.74, 6) is -0.275. The first-order valence-corrected chi connectivity index (χ1v) is 7.55. The minimum Gasteiger partial charge on any atom is -0.274 e. The van der Waals surface area contributed by atoms with Crippen LogP contribution in [0.4, 0.5) is 0 Å². The molecule has 8 heteroatoms. The van der Waals surface area contributed by atoms with E-state index in [2.05, 4.69) is 15.2 Å². The molecule has 20 heavy (non-hydrogen) atoms. The quantitative estimate of drug-likeness (QED) is 0.775. The number of sulfonamides is 1. The number of fused-ring (bicyclic) bond motifs is 1. The molecule has 0 aromatic heterocycles. The number of amidine groups is 1. The zero-order valence-electron chi connectivity index (χ0n) is 11.1. The van der Waals surface area contributed by atoms with Gasteiger partial charge in [0.25, 0.3) is 15.9 Å². The molecule has 0 fully saturated rings. The maximum absolute atomic E-state index is 11.9. The van der Waals surface area contributed by atoms with Crippen LogP contribution in [0.15, 0.2) is 34.2 Å². The monoisotopic (exact) mass is 297 g/mol. The minimum absolute atomic E-state index is 0.163. The van der Waals surface area contributed by atoms with Crippen molar-refractivity contribution in [1.82, 2.24) is 10.2 Å². The van der Waals surface area contributed by atoms with E-state index in [0.29, 0.717) is 12.2 Å². The van der Waals surface area contributed by atoms with Gasteiger partial charge in [0.15, 0.2) is 0 Å². The number of benzene rings is 1. The van der Waals surface area contributed by atoms with Crippen LogP contribution in [0.25, 0.3) is 0 Å². The Morgan fingerprint density at radius 1 is 1.45 bits per heavy atom. The predicted octanol–water partition coefficient (Wildman–Crippen LogP) is 0.181. The van der Waals surface area contributed by atoms with Crippen molar-refractivity contribution in [3.05, 3.63) is 29.8 Å². The second-order valence-corrected chi connectivity index (χ2v) is 5.81. The molecule has 1 amide bonds. The average Bonchev–Trinajstić information content (AvgIpc) is 2.68. The fourth-order valence-electron chi connectivity index (χ4n) is 1.71. The zero-order valence-corrected chi connectivity index (χ0v) is 11.9. The summed E-state index contributed by atoms with van der Waals surface area (Å²) < 4.78 is 26.1. The number of nitrogens with one attached hydrogen (secondary N) is 2. The number of nitrogens with zero attached hydrogens (tertiary/aromatic N) is 1. The molecule has 108 valence electrons. The van der Waals surface area contributed by atoms with E-state index in [0.717, 1.165) is 0 Å². The van der Waals surface area contributed by atoms with Gasteiger partial charge in [0.1, 0.15) is 11.9 Å². The molecule has 1 atom stereocenters. The molecule has 1 aromatic rings. The molecule has 0 bridgehead atoms. The van der Waals surface area contributed by atoms with Crippen molar-refractivity contribution in [2.45, 2.75) is 24.8 Å². The van der Waals surface area contributed by atoms with Gasteiger partial charge in [0.05, 0.1) is 11.5 Å². The Hall–Kier alpha value is -1.93. The highest BCUT2D eigenvalue weighted by atomic mass is 32.2. The summed E-state index contributed by atoms with van der Waals surface area (Å²) in [4.78, 5) is 20.7. The van der Waals surface area contributed by atoms with E-state index >= 15 is 0 Å². The molecule has 2 N–H and O–H groups in total. The number of carbonyl (C=O) groups is 1. The van der Waals surface area contributed by atoms with Crippen molar-refractivity contribution in [3.63, 3.8) is 0 Å². The van der Waals surface area contributed by atoms with Gasteiger partial charge >= 0.3 is 0 Å². The van der Waals surface area contributed by atoms with Crippen LogP contribution in [0.1, 0.15) is 19.4 Å². The van der Waals surface area contributed by atoms with E-state index in [1.165, 1.54) is 6.07 Å². The summed E-state index contributed by atoms with van der Waals surface area (Å²) in [7, 11) is -3.59. The number of carbonyl (C=O) groups excluding carboxylic acids is 1. The molecule has 0 spiro atoms. The Bertz CT molecular complexity index is 654. The van der Waals surface area contributed by atoms with E-state index < -0.39 is 22.0 Å². The maximum Gasteiger partial charge on any atom is 0.268 e. The highest BCUT2D eigenvalue weighted by Gasteiger charge is 2.31. The van der Waals surface area contributed by atoms with Gasteiger partial charge in [-0.1, -0.05) is 12.1 Å². The topological polar surface area (TPSA) is 96.9 Å². The highest BCUT2D eigenvalue weighted by Crippen LogP contribution is 2.22. The highest BCUT2D eigenvalue weighted by molar-refractivity contribution is 7.90. The van der Waals surface area contributed by atoms with Crippen LogP contribution in [-0.2, 0) is 19.7 Å². The van der Waals surface area contributed by atoms with E-state index in [4.69, 9.17) is 4.84 Å². The fourth-order valence-corrected chi connectivity index (χ4v) is 2.95. The summed E-state index contributed by atoms with van der Waals surface area (Å²) >= 11 is 0. The van der Waals surface area contributed by atoms with Gasteiger partial charge in [-0.15, -0.1) is 0 Å². The van der Waals surface area contributed by atoms with Gasteiger partial charge < -0.3 is 0 Å². The second-order valence-electron chi connectivity index (χ2n) is 4.15. The SMILES string of the molecule is CCONC(=O)[C@@H](C)N=C1NS(=O)(=O)c2ccccc21. The molecular weight excluding hydrogens is 282 g/mol. The van der Waals surface area contributed by atoms with Gasteiger partial charge in [-0.3, -0.25) is 19.3 Å². The molecule has 2 rings (SSSR count). The Morgan fingerprint density at radius 3 is 2.85 bits per heavy atom. The molecule has 0 radical (unpaired) electrons. The Kier molecular flexibility index (Phi) is 4.05. The third-order valence-electron chi connectivity index (χ3n) is 2.68. The van der Waals surface area contributed by atoms with Crippen LogP contribution in [0.5, 0.6) is 0 Å². The summed E-state index contributed by atoms with van der Waals surface area (Å²) in [6, 6.07) is 5.70. The van der Waals surface area contributed by atoms with Crippen LogP contribution in [0, 0.1) is 0 Å². The molecule has 0 unspecified atom stereocenters. The molecule has 7 nitrogen and oxygen atoms in total. The summed E-state index contributed by atoms with van der Waals surface area (Å²) in [5.41, 5.74) is 2.69. The van der Waals surface area contributed by atoms with Gasteiger partial charge in [-0.25, -0.2) is 13.9 Å². The second kappa shape index (κ2) is 5.59. The van der Waals surface area contributed by atoms with Crippen molar-refractivity contribution in [2.24, 2.45) is 4.99 Å². The molecule has 1 aliphatic heterocycles. The Labute approximate surface area is 117 Å². The average molecular weight is 297 g/mol. The number of hydrogen-bond donors (Lipinski definition) is 2. The van der Waals surface area contributed by atoms with E-state index in [1.54, 1.807) is 32.0 Å². The lowest BCUT2D eigenvalue weighted by atomic mass is 10.2. The summed E-state index contributed by atoms with van der Waals surface area (Å²) in [6.07, 6.45) is 0. The number of rotatable bonds is 4. The lowest BCUT2D eigenvalue weighted by Gasteiger charge is -2.08. The van der Waals surface area contributed by atoms with E-state index in [-0.39, 0.29) is 10.7 Å². The first-order valence-electron chi connectivity index (χ1n) is 6.07. The first-order chi connectivity index (χ1) is 9.45. The molecule has 1 aliphatic rings. The number of amides is 1. The Morgan fingerprint density at radius 2 is 2.15 bits per heavy atom. The van der Waals surface area contributed by atoms with Gasteiger partial charge in [-0.05, 0) is 26.0 Å². The normalized spacial score (nSPS) is 19.2. The van der Waals surface area contributed by atoms with Gasteiger partial charge in [-0.2, -0.15) is 0 Å². The zero-order chi connectivity index (χ0) is 14.8. The van der Waals surface area contributed by atoms with Gasteiger partial charge in [0.2, 0.25) is 0 Å². The van der Waals surface area contributed by atoms with Crippen LogP contribution in [0.3, 0.4) is 0 Å². The fraction of sp³-hybridized carbons (Fsp3) is 0.333. The van der Waals surface area contributed by atoms with Crippen molar-refractivity contribution in [3.8, 4) is 0 Å². The van der Waals surface area contributed by atoms with Crippen molar-refractivity contribution in [1.29, 1.82) is 0 Å². The standard InChI is InChI=1S/C12H15N3O4S/c1-3-19-14-12(16)8(2)13-11-9-6-4-5-7-10(9)20(17,18)15-11/h4-8H,3H2,1-2H3,(H,13,15)(H,14,16)/t8-/m1/s1. The van der Waals surface area contributed by atoms with Crippen molar-refractivity contribution in [2.75, 3.05) is 6.61 Å². The van der Waals surface area contributed by atoms with Crippen LogP contribution in [0.2, 0.25) is 0 Å². The summed E-state index contributed by atoms with van der Waals surface area (Å²) in [6.45, 7) is 3.62. The molecule has 0 aliphatic carbocycles. The molecule has 1 heterocycles. The minimum atomic E-state index is -3.59. The molecule has 1 aromatic carbocycles.